The van der Waals surface area contributed by atoms with E-state index in [9.17, 15) is 4.79 Å². The Labute approximate surface area is 131 Å². The number of aromatic nitrogens is 4. The van der Waals surface area contributed by atoms with Gasteiger partial charge in [0.1, 0.15) is 12.1 Å². The number of aromatic carboxylic acids is 1. The molecule has 0 spiro atoms. The van der Waals surface area contributed by atoms with Crippen LogP contribution in [0.2, 0.25) is 0 Å². The zero-order valence-corrected chi connectivity index (χ0v) is 12.7. The summed E-state index contributed by atoms with van der Waals surface area (Å²) >= 11 is 1.93. The molecule has 112 valence electrons. The van der Waals surface area contributed by atoms with Crippen molar-refractivity contribution in [3.05, 3.63) is 30.4 Å². The number of halogens is 1. The maximum atomic E-state index is 10.8. The van der Waals surface area contributed by atoms with Crippen molar-refractivity contribution in [2.45, 2.75) is 0 Å². The standard InChI is InChI=1S/C12H13N5O2S.ClH/c18-12(19)9-1-2-17(15-9)11-7-10(13-8-14-11)16-3-5-20-6-4-16;/h1-2,7-8H,3-6H2,(H,18,19);1H. The van der Waals surface area contributed by atoms with E-state index in [-0.39, 0.29) is 18.1 Å². The number of anilines is 1. The Morgan fingerprint density at radius 1 is 1.24 bits per heavy atom. The third-order valence-electron chi connectivity index (χ3n) is 3.02. The fourth-order valence-corrected chi connectivity index (χ4v) is 2.90. The van der Waals surface area contributed by atoms with Gasteiger partial charge in [-0.05, 0) is 6.07 Å². The highest BCUT2D eigenvalue weighted by Crippen LogP contribution is 2.18. The van der Waals surface area contributed by atoms with Crippen molar-refractivity contribution in [3.63, 3.8) is 0 Å². The highest BCUT2D eigenvalue weighted by Gasteiger charge is 2.14. The van der Waals surface area contributed by atoms with Crippen LogP contribution < -0.4 is 4.90 Å². The third kappa shape index (κ3) is 3.45. The van der Waals surface area contributed by atoms with Crippen LogP contribution in [-0.2, 0) is 0 Å². The molecule has 0 aliphatic carbocycles. The molecule has 0 atom stereocenters. The summed E-state index contributed by atoms with van der Waals surface area (Å²) in [4.78, 5) is 21.5. The first-order chi connectivity index (χ1) is 9.74. The maximum Gasteiger partial charge on any atom is 0.356 e. The summed E-state index contributed by atoms with van der Waals surface area (Å²) in [6.45, 7) is 1.92. The van der Waals surface area contributed by atoms with Gasteiger partial charge in [-0.15, -0.1) is 12.4 Å². The summed E-state index contributed by atoms with van der Waals surface area (Å²) in [6.07, 6.45) is 3.07. The van der Waals surface area contributed by atoms with Crippen molar-refractivity contribution in [1.82, 2.24) is 19.7 Å². The van der Waals surface area contributed by atoms with E-state index in [1.165, 1.54) is 17.1 Å². The lowest BCUT2D eigenvalue weighted by Gasteiger charge is -2.27. The largest absolute Gasteiger partial charge is 0.476 e. The van der Waals surface area contributed by atoms with E-state index >= 15 is 0 Å². The first-order valence-corrected chi connectivity index (χ1v) is 7.33. The van der Waals surface area contributed by atoms with Gasteiger partial charge in [0.05, 0.1) is 0 Å². The molecule has 7 nitrogen and oxygen atoms in total. The Hall–Kier alpha value is -1.80. The van der Waals surface area contributed by atoms with Crippen molar-refractivity contribution in [3.8, 4) is 5.82 Å². The molecule has 2 aromatic heterocycles. The predicted molar refractivity (Wildman–Crippen MR) is 82.9 cm³/mol. The SMILES string of the molecule is Cl.O=C(O)c1ccn(-c2cc(N3CCSCC3)ncn2)n1. The van der Waals surface area contributed by atoms with Crippen molar-refractivity contribution in [2.24, 2.45) is 0 Å². The normalized spacial score (nSPS) is 14.6. The van der Waals surface area contributed by atoms with Crippen LogP contribution in [0.25, 0.3) is 5.82 Å². The fraction of sp³-hybridized carbons (Fsp3) is 0.333. The van der Waals surface area contributed by atoms with E-state index in [4.69, 9.17) is 5.11 Å². The highest BCUT2D eigenvalue weighted by atomic mass is 35.5. The number of rotatable bonds is 3. The molecule has 0 radical (unpaired) electrons. The van der Waals surface area contributed by atoms with Gasteiger partial charge in [0.15, 0.2) is 11.5 Å². The highest BCUT2D eigenvalue weighted by molar-refractivity contribution is 7.99. The van der Waals surface area contributed by atoms with E-state index < -0.39 is 5.97 Å². The average Bonchev–Trinajstić information content (AvgIpc) is 2.98. The summed E-state index contributed by atoms with van der Waals surface area (Å²) in [5, 5.41) is 12.9. The molecule has 0 unspecified atom stereocenters. The van der Waals surface area contributed by atoms with Crippen LogP contribution in [0.1, 0.15) is 10.5 Å². The molecule has 1 saturated heterocycles. The van der Waals surface area contributed by atoms with Gasteiger partial charge in [0.25, 0.3) is 0 Å². The Morgan fingerprint density at radius 3 is 2.62 bits per heavy atom. The molecule has 21 heavy (non-hydrogen) atoms. The molecule has 3 heterocycles. The second-order valence-corrected chi connectivity index (χ2v) is 5.51. The number of nitrogens with zero attached hydrogens (tertiary/aromatic N) is 5. The summed E-state index contributed by atoms with van der Waals surface area (Å²) in [7, 11) is 0. The van der Waals surface area contributed by atoms with Gasteiger partial charge in [0.2, 0.25) is 0 Å². The van der Waals surface area contributed by atoms with Crippen LogP contribution >= 0.6 is 24.2 Å². The van der Waals surface area contributed by atoms with Gasteiger partial charge in [-0.2, -0.15) is 16.9 Å². The monoisotopic (exact) mass is 327 g/mol. The molecule has 0 amide bonds. The smallest absolute Gasteiger partial charge is 0.356 e. The topological polar surface area (TPSA) is 84.1 Å². The van der Waals surface area contributed by atoms with Crippen LogP contribution in [0.5, 0.6) is 0 Å². The molecule has 1 fully saturated rings. The quantitative estimate of drug-likeness (QED) is 0.910. The van der Waals surface area contributed by atoms with Crippen molar-refractivity contribution < 1.29 is 9.90 Å². The number of carbonyl (C=O) groups is 1. The molecular weight excluding hydrogens is 314 g/mol. The van der Waals surface area contributed by atoms with E-state index in [1.54, 1.807) is 6.20 Å². The molecule has 0 bridgehead atoms. The summed E-state index contributed by atoms with van der Waals surface area (Å²) in [6, 6.07) is 3.27. The lowest BCUT2D eigenvalue weighted by atomic mass is 10.4. The molecule has 3 rings (SSSR count). The minimum atomic E-state index is -1.05. The molecule has 0 saturated carbocycles. The first kappa shape index (κ1) is 15.6. The van der Waals surface area contributed by atoms with Gasteiger partial charge < -0.3 is 10.0 Å². The lowest BCUT2D eigenvalue weighted by Crippen LogP contribution is -2.33. The molecule has 1 aliphatic heterocycles. The van der Waals surface area contributed by atoms with Gasteiger partial charge >= 0.3 is 5.97 Å². The number of hydrogen-bond donors (Lipinski definition) is 1. The van der Waals surface area contributed by atoms with Gasteiger partial charge in [-0.25, -0.2) is 19.4 Å². The predicted octanol–water partition coefficient (Wildman–Crippen LogP) is 1.34. The number of carboxylic acids is 1. The van der Waals surface area contributed by atoms with E-state index in [1.807, 2.05) is 17.8 Å². The second kappa shape index (κ2) is 6.77. The van der Waals surface area contributed by atoms with Crippen LogP contribution in [-0.4, -0.2) is 55.4 Å². The minimum Gasteiger partial charge on any atom is -0.476 e. The van der Waals surface area contributed by atoms with Crippen LogP contribution in [0.3, 0.4) is 0 Å². The molecule has 9 heteroatoms. The van der Waals surface area contributed by atoms with Crippen LogP contribution in [0, 0.1) is 0 Å². The van der Waals surface area contributed by atoms with Crippen molar-refractivity contribution in [2.75, 3.05) is 29.5 Å². The van der Waals surface area contributed by atoms with Gasteiger partial charge in [-0.3, -0.25) is 0 Å². The molecule has 1 N–H and O–H groups in total. The summed E-state index contributed by atoms with van der Waals surface area (Å²) in [5.74, 6) is 2.55. The molecule has 1 aliphatic rings. The molecule has 0 aromatic carbocycles. The molecule has 2 aromatic rings. The van der Waals surface area contributed by atoms with Gasteiger partial charge in [-0.1, -0.05) is 0 Å². The fourth-order valence-electron chi connectivity index (χ4n) is 1.99. The summed E-state index contributed by atoms with van der Waals surface area (Å²) in [5.41, 5.74) is -0.000431. The Morgan fingerprint density at radius 2 is 1.95 bits per heavy atom. The number of hydrogen-bond acceptors (Lipinski definition) is 6. The van der Waals surface area contributed by atoms with Crippen molar-refractivity contribution in [1.29, 1.82) is 0 Å². The maximum absolute atomic E-state index is 10.8. The third-order valence-corrected chi connectivity index (χ3v) is 3.96. The zero-order chi connectivity index (χ0) is 13.9. The lowest BCUT2D eigenvalue weighted by molar-refractivity contribution is 0.0690. The van der Waals surface area contributed by atoms with Gasteiger partial charge in [0, 0.05) is 36.9 Å². The second-order valence-electron chi connectivity index (χ2n) is 4.28. The first-order valence-electron chi connectivity index (χ1n) is 6.18. The van der Waals surface area contributed by atoms with E-state index in [2.05, 4.69) is 20.0 Å². The number of thioether (sulfide) groups is 1. The Bertz CT molecular complexity index is 630. The minimum absolute atomic E-state index is 0. The zero-order valence-electron chi connectivity index (χ0n) is 11.0. The number of carboxylic acid groups (broad SMARTS) is 1. The van der Waals surface area contributed by atoms with Crippen LogP contribution in [0.15, 0.2) is 24.7 Å². The van der Waals surface area contributed by atoms with Crippen molar-refractivity contribution >= 4 is 36.0 Å². The Balaban J connectivity index is 0.00000161. The van der Waals surface area contributed by atoms with Crippen LogP contribution in [0.4, 0.5) is 5.82 Å². The van der Waals surface area contributed by atoms with E-state index in [0.29, 0.717) is 5.82 Å². The van der Waals surface area contributed by atoms with E-state index in [0.717, 1.165) is 30.4 Å². The summed E-state index contributed by atoms with van der Waals surface area (Å²) < 4.78 is 1.45. The molecular formula is C12H14ClN5O2S. The Kier molecular flexibility index (Phi) is 5.03. The average molecular weight is 328 g/mol.